The third kappa shape index (κ3) is 8.15. The second-order valence-electron chi connectivity index (χ2n) is 5.70. The molecule has 0 fully saturated rings. The Labute approximate surface area is 123 Å². The standard InChI is InChI=1S/C15H31N3O2/c1-5-10-17-15(20)12(4)18-14(19)7-6-13(8-9-16)11(2)3/h11-13H,5-10,16H2,1-4H3,(H,17,20)(H,18,19). The zero-order valence-electron chi connectivity index (χ0n) is 13.4. The highest BCUT2D eigenvalue weighted by Gasteiger charge is 2.17. The van der Waals surface area contributed by atoms with Crippen LogP contribution < -0.4 is 16.4 Å². The van der Waals surface area contributed by atoms with Gasteiger partial charge in [0.25, 0.3) is 0 Å². The zero-order valence-corrected chi connectivity index (χ0v) is 13.4. The Morgan fingerprint density at radius 3 is 2.30 bits per heavy atom. The largest absolute Gasteiger partial charge is 0.354 e. The number of hydrogen-bond acceptors (Lipinski definition) is 3. The van der Waals surface area contributed by atoms with Gasteiger partial charge in [0.2, 0.25) is 11.8 Å². The van der Waals surface area contributed by atoms with Crippen LogP contribution in [0.5, 0.6) is 0 Å². The summed E-state index contributed by atoms with van der Waals surface area (Å²) in [4.78, 5) is 23.5. The molecule has 0 radical (unpaired) electrons. The van der Waals surface area contributed by atoms with Gasteiger partial charge in [-0.3, -0.25) is 9.59 Å². The minimum atomic E-state index is -0.471. The number of hydrogen-bond donors (Lipinski definition) is 3. The Bertz CT molecular complexity index is 293. The summed E-state index contributed by atoms with van der Waals surface area (Å²) >= 11 is 0. The topological polar surface area (TPSA) is 84.2 Å². The Morgan fingerprint density at radius 2 is 1.80 bits per heavy atom. The summed E-state index contributed by atoms with van der Waals surface area (Å²) in [6.45, 7) is 9.30. The molecule has 118 valence electrons. The molecule has 0 aliphatic heterocycles. The Balaban J connectivity index is 4.05. The van der Waals surface area contributed by atoms with E-state index in [1.54, 1.807) is 6.92 Å². The van der Waals surface area contributed by atoms with E-state index in [0.717, 1.165) is 19.3 Å². The minimum absolute atomic E-state index is 0.0631. The molecule has 0 aromatic rings. The second kappa shape index (κ2) is 10.7. The van der Waals surface area contributed by atoms with Gasteiger partial charge in [0, 0.05) is 13.0 Å². The van der Waals surface area contributed by atoms with Crippen molar-refractivity contribution in [3.8, 4) is 0 Å². The van der Waals surface area contributed by atoms with Crippen molar-refractivity contribution in [2.75, 3.05) is 13.1 Å². The van der Waals surface area contributed by atoms with E-state index in [1.165, 1.54) is 0 Å². The van der Waals surface area contributed by atoms with Crippen LogP contribution in [0.1, 0.15) is 53.4 Å². The van der Waals surface area contributed by atoms with Gasteiger partial charge in [-0.1, -0.05) is 20.8 Å². The van der Waals surface area contributed by atoms with Crippen molar-refractivity contribution in [3.05, 3.63) is 0 Å². The fourth-order valence-corrected chi connectivity index (χ4v) is 2.12. The fraction of sp³-hybridized carbons (Fsp3) is 0.867. The van der Waals surface area contributed by atoms with Crippen molar-refractivity contribution >= 4 is 11.8 Å². The average Bonchev–Trinajstić information content (AvgIpc) is 2.40. The van der Waals surface area contributed by atoms with E-state index in [9.17, 15) is 9.59 Å². The first-order valence-corrected chi connectivity index (χ1v) is 7.69. The zero-order chi connectivity index (χ0) is 15.5. The molecule has 2 unspecified atom stereocenters. The fourth-order valence-electron chi connectivity index (χ4n) is 2.12. The van der Waals surface area contributed by atoms with Crippen LogP contribution in [0.3, 0.4) is 0 Å². The third-order valence-corrected chi connectivity index (χ3v) is 3.54. The number of amides is 2. The summed E-state index contributed by atoms with van der Waals surface area (Å²) in [6.07, 6.45) is 3.11. The average molecular weight is 285 g/mol. The van der Waals surface area contributed by atoms with Crippen molar-refractivity contribution in [1.82, 2.24) is 10.6 Å². The lowest BCUT2D eigenvalue weighted by atomic mass is 9.88. The number of nitrogens with one attached hydrogen (secondary N) is 2. The summed E-state index contributed by atoms with van der Waals surface area (Å²) < 4.78 is 0. The van der Waals surface area contributed by atoms with Gasteiger partial charge in [0.05, 0.1) is 0 Å². The molecule has 0 aromatic carbocycles. The summed E-state index contributed by atoms with van der Waals surface area (Å²) in [5.41, 5.74) is 5.59. The van der Waals surface area contributed by atoms with Gasteiger partial charge < -0.3 is 16.4 Å². The van der Waals surface area contributed by atoms with Crippen LogP contribution in [0, 0.1) is 11.8 Å². The summed E-state index contributed by atoms with van der Waals surface area (Å²) in [6, 6.07) is -0.471. The highest BCUT2D eigenvalue weighted by Crippen LogP contribution is 2.20. The van der Waals surface area contributed by atoms with Gasteiger partial charge in [0.1, 0.15) is 6.04 Å². The Morgan fingerprint density at radius 1 is 1.15 bits per heavy atom. The SMILES string of the molecule is CCCNC(=O)C(C)NC(=O)CCC(CCN)C(C)C. The predicted octanol–water partition coefficient (Wildman–Crippen LogP) is 1.42. The van der Waals surface area contributed by atoms with E-state index < -0.39 is 6.04 Å². The lowest BCUT2D eigenvalue weighted by Crippen LogP contribution is -2.45. The van der Waals surface area contributed by atoms with Gasteiger partial charge >= 0.3 is 0 Å². The molecule has 0 spiro atoms. The molecular weight excluding hydrogens is 254 g/mol. The van der Waals surface area contributed by atoms with Gasteiger partial charge in [0.15, 0.2) is 0 Å². The van der Waals surface area contributed by atoms with Gasteiger partial charge in [-0.15, -0.1) is 0 Å². The van der Waals surface area contributed by atoms with Crippen molar-refractivity contribution < 1.29 is 9.59 Å². The molecule has 0 bridgehead atoms. The van der Waals surface area contributed by atoms with E-state index in [1.807, 2.05) is 6.92 Å². The number of nitrogens with two attached hydrogens (primary N) is 1. The van der Waals surface area contributed by atoms with Gasteiger partial charge in [-0.25, -0.2) is 0 Å². The maximum absolute atomic E-state index is 11.8. The molecule has 0 saturated heterocycles. The highest BCUT2D eigenvalue weighted by molar-refractivity contribution is 5.87. The number of carbonyl (C=O) groups is 2. The molecule has 5 heteroatoms. The second-order valence-corrected chi connectivity index (χ2v) is 5.70. The molecule has 0 heterocycles. The van der Waals surface area contributed by atoms with Crippen molar-refractivity contribution in [1.29, 1.82) is 0 Å². The molecule has 2 atom stereocenters. The van der Waals surface area contributed by atoms with Gasteiger partial charge in [-0.2, -0.15) is 0 Å². The van der Waals surface area contributed by atoms with E-state index in [2.05, 4.69) is 24.5 Å². The molecule has 0 aliphatic carbocycles. The molecule has 0 rings (SSSR count). The van der Waals surface area contributed by atoms with Gasteiger partial charge in [-0.05, 0) is 44.6 Å². The first-order valence-electron chi connectivity index (χ1n) is 7.69. The molecular formula is C15H31N3O2. The monoisotopic (exact) mass is 285 g/mol. The quantitative estimate of drug-likeness (QED) is 0.567. The molecule has 0 aliphatic rings. The summed E-state index contributed by atoms with van der Waals surface area (Å²) in [5.74, 6) is 0.806. The maximum Gasteiger partial charge on any atom is 0.242 e. The lowest BCUT2D eigenvalue weighted by molar-refractivity contribution is -0.128. The van der Waals surface area contributed by atoms with Crippen LogP contribution in [0.15, 0.2) is 0 Å². The molecule has 2 amide bonds. The van der Waals surface area contributed by atoms with Crippen LogP contribution >= 0.6 is 0 Å². The smallest absolute Gasteiger partial charge is 0.242 e. The van der Waals surface area contributed by atoms with Crippen molar-refractivity contribution in [3.63, 3.8) is 0 Å². The third-order valence-electron chi connectivity index (χ3n) is 3.54. The minimum Gasteiger partial charge on any atom is -0.354 e. The molecule has 20 heavy (non-hydrogen) atoms. The van der Waals surface area contributed by atoms with Crippen molar-refractivity contribution in [2.24, 2.45) is 17.6 Å². The van der Waals surface area contributed by atoms with E-state index in [4.69, 9.17) is 5.73 Å². The first-order chi connectivity index (χ1) is 9.42. The van der Waals surface area contributed by atoms with Crippen molar-refractivity contribution in [2.45, 2.75) is 59.4 Å². The molecule has 0 saturated carbocycles. The van der Waals surface area contributed by atoms with Crippen LogP contribution in [0.25, 0.3) is 0 Å². The Hall–Kier alpha value is -1.10. The number of carbonyl (C=O) groups excluding carboxylic acids is 2. The highest BCUT2D eigenvalue weighted by atomic mass is 16.2. The number of rotatable bonds is 10. The Kier molecular flexibility index (Phi) is 10.1. The molecule has 5 nitrogen and oxygen atoms in total. The van der Waals surface area contributed by atoms with Crippen LogP contribution in [0.4, 0.5) is 0 Å². The van der Waals surface area contributed by atoms with Crippen LogP contribution in [-0.2, 0) is 9.59 Å². The first kappa shape index (κ1) is 18.9. The molecule has 0 aromatic heterocycles. The summed E-state index contributed by atoms with van der Waals surface area (Å²) in [5, 5.41) is 5.51. The summed E-state index contributed by atoms with van der Waals surface area (Å²) in [7, 11) is 0. The van der Waals surface area contributed by atoms with E-state index in [-0.39, 0.29) is 11.8 Å². The molecule has 4 N–H and O–H groups in total. The van der Waals surface area contributed by atoms with E-state index >= 15 is 0 Å². The lowest BCUT2D eigenvalue weighted by Gasteiger charge is -2.20. The van der Waals surface area contributed by atoms with Crippen LogP contribution in [0.2, 0.25) is 0 Å². The van der Waals surface area contributed by atoms with E-state index in [0.29, 0.717) is 31.3 Å². The normalized spacial score (nSPS) is 13.9. The predicted molar refractivity (Wildman–Crippen MR) is 82.1 cm³/mol. The maximum atomic E-state index is 11.8. The van der Waals surface area contributed by atoms with Crippen LogP contribution in [-0.4, -0.2) is 30.9 Å².